The zero-order valence-electron chi connectivity index (χ0n) is 10.0. The van der Waals surface area contributed by atoms with Crippen molar-refractivity contribution in [1.82, 2.24) is 4.90 Å². The number of nitrogens with two attached hydrogens (primary N) is 1. The highest BCUT2D eigenvalue weighted by atomic mass is 16.2. The van der Waals surface area contributed by atoms with Crippen LogP contribution >= 0.6 is 0 Å². The van der Waals surface area contributed by atoms with Crippen LogP contribution in [0.1, 0.15) is 39.5 Å². The number of hydrogen-bond acceptors (Lipinski definition) is 2. The van der Waals surface area contributed by atoms with Crippen molar-refractivity contribution in [2.24, 2.45) is 17.6 Å². The van der Waals surface area contributed by atoms with Crippen molar-refractivity contribution in [3.8, 4) is 0 Å². The zero-order valence-corrected chi connectivity index (χ0v) is 10.0. The second kappa shape index (κ2) is 6.11. The molecule has 3 nitrogen and oxygen atoms in total. The van der Waals surface area contributed by atoms with Crippen LogP contribution in [0.15, 0.2) is 0 Å². The van der Waals surface area contributed by atoms with Crippen LogP contribution in [0.3, 0.4) is 0 Å². The minimum atomic E-state index is 0.0422. The smallest absolute Gasteiger partial charge is 0.226 e. The first-order chi connectivity index (χ1) is 7.22. The Balaban J connectivity index is 2.51. The maximum absolute atomic E-state index is 12.1. The highest BCUT2D eigenvalue weighted by molar-refractivity contribution is 5.79. The number of amides is 1. The van der Waals surface area contributed by atoms with Crippen molar-refractivity contribution in [3.05, 3.63) is 0 Å². The van der Waals surface area contributed by atoms with Gasteiger partial charge in [-0.15, -0.1) is 0 Å². The molecule has 1 heterocycles. The van der Waals surface area contributed by atoms with Gasteiger partial charge in [-0.25, -0.2) is 0 Å². The number of piperidine rings is 1. The van der Waals surface area contributed by atoms with E-state index in [1.54, 1.807) is 0 Å². The maximum atomic E-state index is 12.1. The highest BCUT2D eigenvalue weighted by Crippen LogP contribution is 2.21. The quantitative estimate of drug-likeness (QED) is 0.769. The Morgan fingerprint density at radius 1 is 1.53 bits per heavy atom. The average Bonchev–Trinajstić information content (AvgIpc) is 2.30. The molecule has 0 spiro atoms. The van der Waals surface area contributed by atoms with Crippen molar-refractivity contribution in [3.63, 3.8) is 0 Å². The number of nitrogens with zero attached hydrogens (tertiary/aromatic N) is 1. The largest absolute Gasteiger partial charge is 0.342 e. The van der Waals surface area contributed by atoms with E-state index in [1.807, 2.05) is 11.8 Å². The topological polar surface area (TPSA) is 46.3 Å². The van der Waals surface area contributed by atoms with E-state index in [1.165, 1.54) is 12.8 Å². The molecule has 1 saturated heterocycles. The second-order valence-electron chi connectivity index (χ2n) is 4.54. The van der Waals surface area contributed by atoms with Gasteiger partial charge in [-0.3, -0.25) is 4.79 Å². The van der Waals surface area contributed by atoms with Crippen molar-refractivity contribution < 1.29 is 4.79 Å². The van der Waals surface area contributed by atoms with Crippen LogP contribution in [0.5, 0.6) is 0 Å². The van der Waals surface area contributed by atoms with Gasteiger partial charge in [-0.2, -0.15) is 0 Å². The molecule has 0 aromatic rings. The van der Waals surface area contributed by atoms with E-state index in [0.29, 0.717) is 12.5 Å². The van der Waals surface area contributed by atoms with Crippen LogP contribution in [0, 0.1) is 11.8 Å². The number of carbonyl (C=O) groups is 1. The normalized spacial score (nSPS) is 23.9. The van der Waals surface area contributed by atoms with E-state index in [2.05, 4.69) is 6.92 Å². The Labute approximate surface area is 93.0 Å². The Hall–Kier alpha value is -0.570. The monoisotopic (exact) mass is 212 g/mol. The molecule has 1 aliphatic heterocycles. The lowest BCUT2D eigenvalue weighted by Crippen LogP contribution is -2.44. The van der Waals surface area contributed by atoms with Crippen molar-refractivity contribution >= 4 is 5.91 Å². The lowest BCUT2D eigenvalue weighted by molar-refractivity contribution is -0.137. The first-order valence-electron chi connectivity index (χ1n) is 6.21. The molecule has 0 aliphatic carbocycles. The molecule has 3 heteroatoms. The molecule has 1 rings (SSSR count). The summed E-state index contributed by atoms with van der Waals surface area (Å²) >= 11 is 0. The molecule has 15 heavy (non-hydrogen) atoms. The van der Waals surface area contributed by atoms with Crippen LogP contribution in [0.4, 0.5) is 0 Å². The van der Waals surface area contributed by atoms with Crippen molar-refractivity contribution in [2.45, 2.75) is 39.5 Å². The summed E-state index contributed by atoms with van der Waals surface area (Å²) in [5, 5.41) is 0. The summed E-state index contributed by atoms with van der Waals surface area (Å²) in [6.07, 6.45) is 4.48. The van der Waals surface area contributed by atoms with Gasteiger partial charge in [0, 0.05) is 19.6 Å². The van der Waals surface area contributed by atoms with Crippen molar-refractivity contribution in [2.75, 3.05) is 19.6 Å². The summed E-state index contributed by atoms with van der Waals surface area (Å²) in [5.41, 5.74) is 5.61. The first kappa shape index (κ1) is 12.5. The number of rotatable bonds is 4. The molecule has 0 bridgehead atoms. The minimum Gasteiger partial charge on any atom is -0.342 e. The molecule has 0 aromatic carbocycles. The lowest BCUT2D eigenvalue weighted by Gasteiger charge is -2.34. The molecule has 1 aliphatic rings. The summed E-state index contributed by atoms with van der Waals surface area (Å²) in [5.74, 6) is 1.02. The summed E-state index contributed by atoms with van der Waals surface area (Å²) in [4.78, 5) is 14.1. The summed E-state index contributed by atoms with van der Waals surface area (Å²) in [7, 11) is 0. The van der Waals surface area contributed by atoms with E-state index in [-0.39, 0.29) is 11.8 Å². The van der Waals surface area contributed by atoms with Gasteiger partial charge < -0.3 is 10.6 Å². The fraction of sp³-hybridized carbons (Fsp3) is 0.917. The summed E-state index contributed by atoms with van der Waals surface area (Å²) in [6, 6.07) is 0. The van der Waals surface area contributed by atoms with Gasteiger partial charge in [0.1, 0.15) is 0 Å². The third kappa shape index (κ3) is 3.20. The SMILES string of the molecule is CCC1CCCN(C(=O)C(CC)CN)C1. The van der Waals surface area contributed by atoms with Crippen molar-refractivity contribution in [1.29, 1.82) is 0 Å². The highest BCUT2D eigenvalue weighted by Gasteiger charge is 2.26. The van der Waals surface area contributed by atoms with E-state index in [4.69, 9.17) is 5.73 Å². The molecule has 0 aromatic heterocycles. The fourth-order valence-corrected chi connectivity index (χ4v) is 2.30. The Morgan fingerprint density at radius 3 is 2.80 bits per heavy atom. The van der Waals surface area contributed by atoms with Crippen LogP contribution < -0.4 is 5.73 Å². The van der Waals surface area contributed by atoms with E-state index >= 15 is 0 Å². The molecule has 1 fully saturated rings. The summed E-state index contributed by atoms with van der Waals surface area (Å²) in [6.45, 7) is 6.62. The number of hydrogen-bond donors (Lipinski definition) is 1. The van der Waals surface area contributed by atoms with Gasteiger partial charge in [0.2, 0.25) is 5.91 Å². The number of likely N-dealkylation sites (tertiary alicyclic amines) is 1. The molecule has 1 amide bonds. The Bertz CT molecular complexity index is 202. The predicted molar refractivity (Wildman–Crippen MR) is 62.4 cm³/mol. The third-order valence-corrected chi connectivity index (χ3v) is 3.53. The molecule has 88 valence electrons. The zero-order chi connectivity index (χ0) is 11.3. The van der Waals surface area contributed by atoms with E-state index < -0.39 is 0 Å². The van der Waals surface area contributed by atoms with Gasteiger partial charge in [0.25, 0.3) is 0 Å². The first-order valence-corrected chi connectivity index (χ1v) is 6.21. The van der Waals surface area contributed by atoms with Crippen LogP contribution in [-0.4, -0.2) is 30.4 Å². The standard InChI is InChI=1S/C12H24N2O/c1-3-10-6-5-7-14(9-10)12(15)11(4-2)8-13/h10-11H,3-9,13H2,1-2H3. The Kier molecular flexibility index (Phi) is 5.09. The molecular weight excluding hydrogens is 188 g/mol. The van der Waals surface area contributed by atoms with Gasteiger partial charge in [0.15, 0.2) is 0 Å². The molecule has 0 radical (unpaired) electrons. The van der Waals surface area contributed by atoms with Crippen LogP contribution in [0.25, 0.3) is 0 Å². The van der Waals surface area contributed by atoms with Gasteiger partial charge in [-0.05, 0) is 25.2 Å². The maximum Gasteiger partial charge on any atom is 0.226 e. The van der Waals surface area contributed by atoms with Gasteiger partial charge in [-0.1, -0.05) is 20.3 Å². The molecular formula is C12H24N2O. The number of carbonyl (C=O) groups excluding carboxylic acids is 1. The fourth-order valence-electron chi connectivity index (χ4n) is 2.30. The van der Waals surface area contributed by atoms with Gasteiger partial charge in [0.05, 0.1) is 5.92 Å². The van der Waals surface area contributed by atoms with Crippen LogP contribution in [-0.2, 0) is 4.79 Å². The average molecular weight is 212 g/mol. The van der Waals surface area contributed by atoms with E-state index in [0.717, 1.165) is 25.9 Å². The molecule has 2 N–H and O–H groups in total. The second-order valence-corrected chi connectivity index (χ2v) is 4.54. The van der Waals surface area contributed by atoms with E-state index in [9.17, 15) is 4.79 Å². The minimum absolute atomic E-state index is 0.0422. The van der Waals surface area contributed by atoms with Crippen LogP contribution in [0.2, 0.25) is 0 Å². The predicted octanol–water partition coefficient (Wildman–Crippen LogP) is 1.62. The summed E-state index contributed by atoms with van der Waals surface area (Å²) < 4.78 is 0. The molecule has 0 saturated carbocycles. The van der Waals surface area contributed by atoms with Gasteiger partial charge >= 0.3 is 0 Å². The third-order valence-electron chi connectivity index (χ3n) is 3.53. The lowest BCUT2D eigenvalue weighted by atomic mass is 9.94. The molecule has 2 atom stereocenters. The molecule has 2 unspecified atom stereocenters. The Morgan fingerprint density at radius 2 is 2.27 bits per heavy atom.